The molecule has 0 aliphatic carbocycles. The van der Waals surface area contributed by atoms with Gasteiger partial charge in [0.25, 0.3) is 0 Å². The van der Waals surface area contributed by atoms with Crippen molar-refractivity contribution in [2.45, 2.75) is 6.42 Å². The van der Waals surface area contributed by atoms with Gasteiger partial charge < -0.3 is 10.2 Å². The van der Waals surface area contributed by atoms with E-state index in [4.69, 9.17) is 0 Å². The Morgan fingerprint density at radius 3 is 3.27 bits per heavy atom. The van der Waals surface area contributed by atoms with Gasteiger partial charge in [-0.1, -0.05) is 0 Å². The normalized spacial score (nSPS) is 38.5. The third-order valence-corrected chi connectivity index (χ3v) is 2.83. The Labute approximate surface area is 66.8 Å². The Morgan fingerprint density at radius 1 is 1.64 bits per heavy atom. The van der Waals surface area contributed by atoms with E-state index in [1.54, 1.807) is 0 Å². The third-order valence-electron chi connectivity index (χ3n) is 2.83. The fourth-order valence-corrected chi connectivity index (χ4v) is 2.07. The van der Waals surface area contributed by atoms with Crippen LogP contribution in [0.1, 0.15) is 6.42 Å². The molecule has 2 saturated heterocycles. The summed E-state index contributed by atoms with van der Waals surface area (Å²) in [6.07, 6.45) is 1.18. The van der Waals surface area contributed by atoms with Crippen LogP contribution in [0.2, 0.25) is 0 Å². The van der Waals surface area contributed by atoms with Gasteiger partial charge >= 0.3 is 0 Å². The number of hydrogen-bond acceptors (Lipinski definition) is 2. The number of carbonyl (C=O) groups excluding carboxylic acids is 1. The second kappa shape index (κ2) is 2.48. The highest BCUT2D eigenvalue weighted by molar-refractivity contribution is 5.81. The van der Waals surface area contributed by atoms with Crippen molar-refractivity contribution in [2.75, 3.05) is 26.7 Å². The van der Waals surface area contributed by atoms with Gasteiger partial charge in [-0.3, -0.25) is 4.79 Å². The molecule has 0 unspecified atom stereocenters. The Kier molecular flexibility index (Phi) is 1.60. The van der Waals surface area contributed by atoms with Crippen LogP contribution >= 0.6 is 0 Å². The van der Waals surface area contributed by atoms with Crippen LogP contribution in [0.5, 0.6) is 0 Å². The molecule has 2 aliphatic heterocycles. The van der Waals surface area contributed by atoms with Gasteiger partial charge in [-0.15, -0.1) is 0 Å². The fraction of sp³-hybridized carbons (Fsp3) is 0.875. The minimum Gasteiger partial charge on any atom is -0.356 e. The average Bonchev–Trinajstić information content (AvgIpc) is 2.33. The first-order valence-electron chi connectivity index (χ1n) is 4.23. The maximum atomic E-state index is 11.2. The lowest BCUT2D eigenvalue weighted by Gasteiger charge is -2.29. The summed E-state index contributed by atoms with van der Waals surface area (Å²) in [7, 11) is 2.09. The number of nitrogens with zero attached hydrogens (tertiary/aromatic N) is 1. The SMILES string of the molecule is CN1CC[C@@H]2CNC(=O)[C@H]2C1. The van der Waals surface area contributed by atoms with E-state index < -0.39 is 0 Å². The van der Waals surface area contributed by atoms with Crippen LogP contribution < -0.4 is 5.32 Å². The van der Waals surface area contributed by atoms with Gasteiger partial charge in [-0.2, -0.15) is 0 Å². The van der Waals surface area contributed by atoms with Crippen molar-refractivity contribution in [3.63, 3.8) is 0 Å². The van der Waals surface area contributed by atoms with Crippen molar-refractivity contribution >= 4 is 5.91 Å². The molecule has 2 heterocycles. The summed E-state index contributed by atoms with van der Waals surface area (Å²) in [4.78, 5) is 13.5. The lowest BCUT2D eigenvalue weighted by Crippen LogP contribution is -2.38. The van der Waals surface area contributed by atoms with E-state index in [9.17, 15) is 4.79 Å². The molecule has 1 N–H and O–H groups in total. The predicted molar refractivity (Wildman–Crippen MR) is 42.1 cm³/mol. The highest BCUT2D eigenvalue weighted by atomic mass is 16.2. The van der Waals surface area contributed by atoms with Crippen LogP contribution in [-0.2, 0) is 4.79 Å². The monoisotopic (exact) mass is 154 g/mol. The average molecular weight is 154 g/mol. The highest BCUT2D eigenvalue weighted by Crippen LogP contribution is 2.26. The van der Waals surface area contributed by atoms with Gasteiger partial charge in [0.15, 0.2) is 0 Å². The molecule has 2 fully saturated rings. The molecule has 0 bridgehead atoms. The quantitative estimate of drug-likeness (QED) is 0.519. The van der Waals surface area contributed by atoms with Gasteiger partial charge in [-0.05, 0) is 25.9 Å². The van der Waals surface area contributed by atoms with E-state index in [2.05, 4.69) is 17.3 Å². The lowest BCUT2D eigenvalue weighted by atomic mass is 9.89. The molecule has 2 rings (SSSR count). The largest absolute Gasteiger partial charge is 0.356 e. The van der Waals surface area contributed by atoms with Gasteiger partial charge in [0, 0.05) is 13.1 Å². The molecular weight excluding hydrogens is 140 g/mol. The number of nitrogens with one attached hydrogen (secondary N) is 1. The van der Waals surface area contributed by atoms with E-state index in [0.717, 1.165) is 19.6 Å². The third kappa shape index (κ3) is 1.13. The van der Waals surface area contributed by atoms with Crippen molar-refractivity contribution in [3.05, 3.63) is 0 Å². The summed E-state index contributed by atoms with van der Waals surface area (Å²) in [5.74, 6) is 1.17. The topological polar surface area (TPSA) is 32.3 Å². The minimum absolute atomic E-state index is 0.265. The van der Waals surface area contributed by atoms with Crippen LogP contribution in [0, 0.1) is 11.8 Å². The van der Waals surface area contributed by atoms with E-state index >= 15 is 0 Å². The second-order valence-electron chi connectivity index (χ2n) is 3.66. The number of amides is 1. The number of carbonyl (C=O) groups is 1. The number of fused-ring (bicyclic) bond motifs is 1. The van der Waals surface area contributed by atoms with Gasteiger partial charge in [0.1, 0.15) is 0 Å². The van der Waals surface area contributed by atoms with Crippen LogP contribution in [0.3, 0.4) is 0 Å². The lowest BCUT2D eigenvalue weighted by molar-refractivity contribution is -0.124. The van der Waals surface area contributed by atoms with Crippen LogP contribution in [0.25, 0.3) is 0 Å². The number of likely N-dealkylation sites (tertiary alicyclic amines) is 1. The summed E-state index contributed by atoms with van der Waals surface area (Å²) in [6.45, 7) is 3.02. The fourth-order valence-electron chi connectivity index (χ4n) is 2.07. The highest BCUT2D eigenvalue weighted by Gasteiger charge is 2.37. The summed E-state index contributed by atoms with van der Waals surface area (Å²) < 4.78 is 0. The molecule has 2 atom stereocenters. The van der Waals surface area contributed by atoms with Crippen molar-refractivity contribution < 1.29 is 4.79 Å². The van der Waals surface area contributed by atoms with Crippen molar-refractivity contribution in [2.24, 2.45) is 11.8 Å². The standard InChI is InChI=1S/C8H14N2O/c1-10-3-2-6-4-9-8(11)7(6)5-10/h6-7H,2-5H2,1H3,(H,9,11)/t6-,7+/m1/s1. The Balaban J connectivity index is 2.07. The Morgan fingerprint density at radius 2 is 2.45 bits per heavy atom. The number of hydrogen-bond donors (Lipinski definition) is 1. The van der Waals surface area contributed by atoms with Crippen LogP contribution in [0.4, 0.5) is 0 Å². The zero-order valence-corrected chi connectivity index (χ0v) is 6.84. The number of rotatable bonds is 0. The second-order valence-corrected chi connectivity index (χ2v) is 3.66. The molecule has 0 aromatic carbocycles. The maximum Gasteiger partial charge on any atom is 0.224 e. The van der Waals surface area contributed by atoms with Crippen LogP contribution in [0.15, 0.2) is 0 Å². The van der Waals surface area contributed by atoms with E-state index in [0.29, 0.717) is 5.92 Å². The van der Waals surface area contributed by atoms with Gasteiger partial charge in [0.2, 0.25) is 5.91 Å². The van der Waals surface area contributed by atoms with E-state index in [-0.39, 0.29) is 11.8 Å². The van der Waals surface area contributed by atoms with Crippen molar-refractivity contribution in [1.29, 1.82) is 0 Å². The molecule has 62 valence electrons. The van der Waals surface area contributed by atoms with Crippen LogP contribution in [-0.4, -0.2) is 37.5 Å². The summed E-state index contributed by atoms with van der Waals surface area (Å²) in [5.41, 5.74) is 0. The zero-order chi connectivity index (χ0) is 7.84. The smallest absolute Gasteiger partial charge is 0.224 e. The molecule has 0 radical (unpaired) electrons. The van der Waals surface area contributed by atoms with E-state index in [1.165, 1.54) is 6.42 Å². The molecule has 3 heteroatoms. The molecule has 0 aromatic rings. The van der Waals surface area contributed by atoms with Gasteiger partial charge in [0.05, 0.1) is 5.92 Å². The Hall–Kier alpha value is -0.570. The molecular formula is C8H14N2O. The molecule has 3 nitrogen and oxygen atoms in total. The van der Waals surface area contributed by atoms with E-state index in [1.807, 2.05) is 0 Å². The first kappa shape index (κ1) is 7.10. The molecule has 11 heavy (non-hydrogen) atoms. The molecule has 0 spiro atoms. The zero-order valence-electron chi connectivity index (χ0n) is 6.84. The molecule has 0 saturated carbocycles. The number of piperidine rings is 1. The summed E-state index contributed by atoms with van der Waals surface area (Å²) in [6, 6.07) is 0. The minimum atomic E-state index is 0.265. The summed E-state index contributed by atoms with van der Waals surface area (Å²) >= 11 is 0. The molecule has 1 amide bonds. The maximum absolute atomic E-state index is 11.2. The molecule has 0 aromatic heterocycles. The molecule has 2 aliphatic rings. The van der Waals surface area contributed by atoms with Crippen molar-refractivity contribution in [3.8, 4) is 0 Å². The first-order valence-corrected chi connectivity index (χ1v) is 4.23. The van der Waals surface area contributed by atoms with Gasteiger partial charge in [-0.25, -0.2) is 0 Å². The first-order chi connectivity index (χ1) is 5.27. The summed E-state index contributed by atoms with van der Waals surface area (Å²) in [5, 5.41) is 2.92. The predicted octanol–water partition coefficient (Wildman–Crippen LogP) is -0.316. The Bertz CT molecular complexity index is 181. The van der Waals surface area contributed by atoms with Crippen molar-refractivity contribution in [1.82, 2.24) is 10.2 Å².